The minimum Gasteiger partial charge on any atom is -0.293 e. The van der Waals surface area contributed by atoms with Crippen molar-refractivity contribution >= 4 is 60.7 Å². The Morgan fingerprint density at radius 1 is 1.21 bits per heavy atom. The van der Waals surface area contributed by atoms with E-state index in [2.05, 4.69) is 15.9 Å². The number of hydrogen-bond donors (Lipinski definition) is 2. The van der Waals surface area contributed by atoms with Gasteiger partial charge >= 0.3 is 0 Å². The lowest BCUT2D eigenvalue weighted by Gasteiger charge is -2.25. The summed E-state index contributed by atoms with van der Waals surface area (Å²) in [5, 5.41) is 0.193. The number of amides is 1. The van der Waals surface area contributed by atoms with Gasteiger partial charge in [-0.05, 0) is 46.3 Å². The third-order valence-electron chi connectivity index (χ3n) is 3.03. The number of hydrogen-bond acceptors (Lipinski definition) is 4. The summed E-state index contributed by atoms with van der Waals surface area (Å²) in [7, 11) is -4.16. The molecule has 0 bridgehead atoms. The zero-order valence-electron chi connectivity index (χ0n) is 12.0. The molecule has 2 aromatic rings. The lowest BCUT2D eigenvalue weighted by molar-refractivity contribution is -0.119. The van der Waals surface area contributed by atoms with Gasteiger partial charge in [-0.2, -0.15) is 0 Å². The molecule has 6 nitrogen and oxygen atoms in total. The fourth-order valence-corrected chi connectivity index (χ4v) is 4.72. The first-order valence-corrected chi connectivity index (χ1v) is 9.48. The average molecular weight is 453 g/mol. The van der Waals surface area contributed by atoms with Crippen molar-refractivity contribution in [2.75, 3.05) is 10.8 Å². The monoisotopic (exact) mass is 451 g/mol. The van der Waals surface area contributed by atoms with Crippen LogP contribution in [0.4, 0.5) is 5.69 Å². The fourth-order valence-electron chi connectivity index (χ4n) is 1.92. The van der Waals surface area contributed by atoms with Crippen LogP contribution in [-0.4, -0.2) is 20.9 Å². The minimum absolute atomic E-state index is 0.00962. The van der Waals surface area contributed by atoms with Crippen LogP contribution in [0.15, 0.2) is 51.8 Å². The molecule has 0 spiro atoms. The Balaban J connectivity index is 2.64. The number of carbonyl (C=O) groups is 1. The van der Waals surface area contributed by atoms with Crippen LogP contribution in [0.3, 0.4) is 0 Å². The van der Waals surface area contributed by atoms with Crippen LogP contribution in [0, 0.1) is 0 Å². The Kier molecular flexibility index (Phi) is 6.11. The van der Waals surface area contributed by atoms with Gasteiger partial charge in [0.25, 0.3) is 15.9 Å². The molecule has 3 N–H and O–H groups in total. The van der Waals surface area contributed by atoms with Gasteiger partial charge in [-0.3, -0.25) is 14.5 Å². The van der Waals surface area contributed by atoms with E-state index in [0.717, 1.165) is 4.31 Å². The maximum Gasteiger partial charge on any atom is 0.266 e. The topological polar surface area (TPSA) is 92.5 Å². The molecule has 0 aliphatic heterocycles. The number of hydrazine groups is 1. The number of para-hydroxylation sites is 1. The van der Waals surface area contributed by atoms with E-state index in [4.69, 9.17) is 29.0 Å². The smallest absolute Gasteiger partial charge is 0.266 e. The number of halogens is 3. The highest BCUT2D eigenvalue weighted by atomic mass is 79.9. The Morgan fingerprint density at radius 2 is 1.88 bits per heavy atom. The highest BCUT2D eigenvalue weighted by Crippen LogP contribution is 2.33. The summed E-state index contributed by atoms with van der Waals surface area (Å²) in [6.07, 6.45) is 0. The molecule has 0 unspecified atom stereocenters. The van der Waals surface area contributed by atoms with Crippen LogP contribution in [0.25, 0.3) is 0 Å². The number of sulfonamides is 1. The number of nitrogens with zero attached hydrogens (tertiary/aromatic N) is 1. The van der Waals surface area contributed by atoms with Crippen molar-refractivity contribution in [1.82, 2.24) is 5.43 Å². The van der Waals surface area contributed by atoms with Crippen molar-refractivity contribution in [2.24, 2.45) is 5.84 Å². The first-order valence-electron chi connectivity index (χ1n) is 6.49. The molecule has 0 fully saturated rings. The number of nitrogens with one attached hydrogen (secondary N) is 1. The molecule has 1 amide bonds. The molecular formula is C14H12BrCl2N3O3S. The first kappa shape index (κ1) is 19.0. The molecule has 0 aliphatic carbocycles. The molecule has 10 heteroatoms. The molecule has 0 aromatic heterocycles. The van der Waals surface area contributed by atoms with Crippen LogP contribution >= 0.6 is 39.1 Å². The van der Waals surface area contributed by atoms with Crippen molar-refractivity contribution in [3.8, 4) is 0 Å². The van der Waals surface area contributed by atoms with Gasteiger partial charge < -0.3 is 0 Å². The second kappa shape index (κ2) is 7.71. The van der Waals surface area contributed by atoms with E-state index in [-0.39, 0.29) is 20.6 Å². The van der Waals surface area contributed by atoms with E-state index < -0.39 is 22.5 Å². The van der Waals surface area contributed by atoms with E-state index in [1.165, 1.54) is 18.2 Å². The summed E-state index contributed by atoms with van der Waals surface area (Å²) in [6, 6.07) is 10.6. The molecule has 2 rings (SSSR count). The fraction of sp³-hybridized carbons (Fsp3) is 0.0714. The van der Waals surface area contributed by atoms with Gasteiger partial charge in [0.1, 0.15) is 11.4 Å². The first-order chi connectivity index (χ1) is 11.3. The molecule has 24 heavy (non-hydrogen) atoms. The zero-order valence-corrected chi connectivity index (χ0v) is 16.0. The third kappa shape index (κ3) is 4.01. The number of carbonyl (C=O) groups excluding carboxylic acids is 1. The highest BCUT2D eigenvalue weighted by molar-refractivity contribution is 9.10. The Bertz CT molecular complexity index is 877. The molecule has 2 aromatic carbocycles. The molecule has 0 atom stereocenters. The molecular weight excluding hydrogens is 441 g/mol. The second-order valence-electron chi connectivity index (χ2n) is 4.61. The quantitative estimate of drug-likeness (QED) is 0.414. The van der Waals surface area contributed by atoms with Crippen molar-refractivity contribution in [1.29, 1.82) is 0 Å². The van der Waals surface area contributed by atoms with E-state index in [1.54, 1.807) is 24.3 Å². The van der Waals surface area contributed by atoms with Gasteiger partial charge in [0.15, 0.2) is 0 Å². The molecule has 0 saturated carbocycles. The number of anilines is 1. The number of benzene rings is 2. The van der Waals surface area contributed by atoms with Crippen LogP contribution in [0.2, 0.25) is 10.0 Å². The van der Waals surface area contributed by atoms with Crippen LogP contribution in [0.1, 0.15) is 0 Å². The standard InChI is InChI=1S/C14H12BrCl2N3O3S/c15-10-3-1-2-4-12(10)20(8-14(21)19-18)24(22,23)13-7-9(16)5-6-11(13)17/h1-7H,8,18H2,(H,19,21). The average Bonchev–Trinajstić information content (AvgIpc) is 2.55. The summed E-state index contributed by atoms with van der Waals surface area (Å²) in [4.78, 5) is 11.5. The molecule has 0 saturated heterocycles. The van der Waals surface area contributed by atoms with Crippen molar-refractivity contribution in [3.05, 3.63) is 57.0 Å². The van der Waals surface area contributed by atoms with Crippen LogP contribution in [0.5, 0.6) is 0 Å². The van der Waals surface area contributed by atoms with Gasteiger partial charge in [0, 0.05) is 9.50 Å². The minimum atomic E-state index is -4.16. The largest absolute Gasteiger partial charge is 0.293 e. The number of nitrogens with two attached hydrogens (primary N) is 1. The van der Waals surface area contributed by atoms with E-state index in [9.17, 15) is 13.2 Å². The lowest BCUT2D eigenvalue weighted by atomic mass is 10.3. The SMILES string of the molecule is NNC(=O)CN(c1ccccc1Br)S(=O)(=O)c1cc(Cl)ccc1Cl. The van der Waals surface area contributed by atoms with Gasteiger partial charge in [0.2, 0.25) is 0 Å². The van der Waals surface area contributed by atoms with Crippen LogP contribution < -0.4 is 15.6 Å². The van der Waals surface area contributed by atoms with Gasteiger partial charge in [-0.25, -0.2) is 14.3 Å². The predicted octanol–water partition coefficient (Wildman–Crippen LogP) is 2.94. The Morgan fingerprint density at radius 3 is 2.50 bits per heavy atom. The summed E-state index contributed by atoms with van der Waals surface area (Å²) in [5.74, 6) is 4.41. The van der Waals surface area contributed by atoms with Crippen molar-refractivity contribution in [2.45, 2.75) is 4.90 Å². The summed E-state index contributed by atoms with van der Waals surface area (Å²) in [5.41, 5.74) is 2.18. The van der Waals surface area contributed by atoms with E-state index in [0.29, 0.717) is 4.47 Å². The van der Waals surface area contributed by atoms with Gasteiger partial charge in [0.05, 0.1) is 10.7 Å². The van der Waals surface area contributed by atoms with Crippen molar-refractivity contribution in [3.63, 3.8) is 0 Å². The zero-order chi connectivity index (χ0) is 17.9. The molecule has 0 aliphatic rings. The van der Waals surface area contributed by atoms with Gasteiger partial charge in [-0.1, -0.05) is 35.3 Å². The molecule has 128 valence electrons. The van der Waals surface area contributed by atoms with Crippen LogP contribution in [-0.2, 0) is 14.8 Å². The molecule has 0 radical (unpaired) electrons. The second-order valence-corrected chi connectivity index (χ2v) is 8.13. The lowest BCUT2D eigenvalue weighted by Crippen LogP contribution is -2.43. The Labute approximate surface area is 157 Å². The Hall–Kier alpha value is -1.32. The van der Waals surface area contributed by atoms with E-state index in [1.807, 2.05) is 5.43 Å². The van der Waals surface area contributed by atoms with Gasteiger partial charge in [-0.15, -0.1) is 0 Å². The van der Waals surface area contributed by atoms with Crippen molar-refractivity contribution < 1.29 is 13.2 Å². The maximum absolute atomic E-state index is 13.1. The normalized spacial score (nSPS) is 11.2. The van der Waals surface area contributed by atoms with E-state index >= 15 is 0 Å². The predicted molar refractivity (Wildman–Crippen MR) is 97.5 cm³/mol. The summed E-state index contributed by atoms with van der Waals surface area (Å²) < 4.78 is 27.5. The highest BCUT2D eigenvalue weighted by Gasteiger charge is 2.30. The third-order valence-corrected chi connectivity index (χ3v) is 6.18. The number of rotatable bonds is 5. The summed E-state index contributed by atoms with van der Waals surface area (Å²) >= 11 is 15.2. The molecule has 0 heterocycles. The maximum atomic E-state index is 13.1. The summed E-state index contributed by atoms with van der Waals surface area (Å²) in [6.45, 7) is -0.524.